The van der Waals surface area contributed by atoms with E-state index in [1.54, 1.807) is 16.2 Å². The molecule has 0 unspecified atom stereocenters. The SMILES string of the molecule is CCN(Cc1cccs1)C(=O)C1(C(N)=NO)CCCC1. The van der Waals surface area contributed by atoms with Crippen LogP contribution < -0.4 is 5.73 Å². The van der Waals surface area contributed by atoms with Gasteiger partial charge >= 0.3 is 0 Å². The third kappa shape index (κ3) is 2.65. The second-order valence-corrected chi connectivity index (χ2v) is 6.21. The quantitative estimate of drug-likeness (QED) is 0.379. The van der Waals surface area contributed by atoms with Crippen LogP contribution in [0.25, 0.3) is 0 Å². The van der Waals surface area contributed by atoms with E-state index < -0.39 is 5.41 Å². The summed E-state index contributed by atoms with van der Waals surface area (Å²) in [6.45, 7) is 3.17. The monoisotopic (exact) mass is 295 g/mol. The second kappa shape index (κ2) is 6.26. The molecule has 1 heterocycles. The number of carbonyl (C=O) groups excluding carboxylic acids is 1. The van der Waals surface area contributed by atoms with Gasteiger partial charge in [-0.15, -0.1) is 11.3 Å². The average Bonchev–Trinajstić information content (AvgIpc) is 3.14. The summed E-state index contributed by atoms with van der Waals surface area (Å²) in [5.41, 5.74) is 5.03. The molecular weight excluding hydrogens is 274 g/mol. The molecule has 0 atom stereocenters. The number of hydrogen-bond acceptors (Lipinski definition) is 4. The topological polar surface area (TPSA) is 78.9 Å². The van der Waals surface area contributed by atoms with Gasteiger partial charge in [-0.3, -0.25) is 4.79 Å². The lowest BCUT2D eigenvalue weighted by Crippen LogP contribution is -2.49. The summed E-state index contributed by atoms with van der Waals surface area (Å²) in [4.78, 5) is 15.8. The van der Waals surface area contributed by atoms with Crippen molar-refractivity contribution in [1.29, 1.82) is 0 Å². The summed E-state index contributed by atoms with van der Waals surface area (Å²) in [6.07, 6.45) is 3.22. The van der Waals surface area contributed by atoms with Crippen LogP contribution in [-0.2, 0) is 11.3 Å². The van der Waals surface area contributed by atoms with Gasteiger partial charge in [-0.25, -0.2) is 0 Å². The molecular formula is C14H21N3O2S. The molecule has 0 saturated heterocycles. The van der Waals surface area contributed by atoms with Crippen LogP contribution in [0.2, 0.25) is 0 Å². The minimum atomic E-state index is -0.804. The minimum absolute atomic E-state index is 0.0128. The predicted molar refractivity (Wildman–Crippen MR) is 79.7 cm³/mol. The Labute approximate surface area is 123 Å². The molecule has 110 valence electrons. The first-order chi connectivity index (χ1) is 9.64. The highest BCUT2D eigenvalue weighted by atomic mass is 32.1. The van der Waals surface area contributed by atoms with E-state index in [1.165, 1.54) is 0 Å². The van der Waals surface area contributed by atoms with Crippen LogP contribution in [0.5, 0.6) is 0 Å². The van der Waals surface area contributed by atoms with Gasteiger partial charge in [0.1, 0.15) is 5.41 Å². The molecule has 1 aromatic rings. The Morgan fingerprint density at radius 2 is 2.25 bits per heavy atom. The molecule has 1 aliphatic rings. The summed E-state index contributed by atoms with van der Waals surface area (Å²) in [7, 11) is 0. The maximum absolute atomic E-state index is 12.9. The van der Waals surface area contributed by atoms with Crippen LogP contribution >= 0.6 is 11.3 Å². The van der Waals surface area contributed by atoms with Gasteiger partial charge < -0.3 is 15.8 Å². The Morgan fingerprint density at radius 1 is 1.55 bits per heavy atom. The maximum atomic E-state index is 12.9. The molecule has 1 fully saturated rings. The van der Waals surface area contributed by atoms with Crippen molar-refractivity contribution < 1.29 is 10.0 Å². The van der Waals surface area contributed by atoms with Crippen molar-refractivity contribution in [3.63, 3.8) is 0 Å². The number of amides is 1. The van der Waals surface area contributed by atoms with Crippen molar-refractivity contribution in [2.45, 2.75) is 39.2 Å². The number of amidine groups is 1. The zero-order chi connectivity index (χ0) is 14.6. The molecule has 20 heavy (non-hydrogen) atoms. The van der Waals surface area contributed by atoms with Gasteiger partial charge in [-0.05, 0) is 31.2 Å². The molecule has 1 aliphatic carbocycles. The standard InChI is InChI=1S/C14H21N3O2S/c1-2-17(10-11-6-5-9-20-11)13(18)14(12(15)16-19)7-3-4-8-14/h5-6,9,19H,2-4,7-8,10H2,1H3,(H2,15,16). The summed E-state index contributed by atoms with van der Waals surface area (Å²) >= 11 is 1.63. The zero-order valence-electron chi connectivity index (χ0n) is 11.7. The number of oxime groups is 1. The van der Waals surface area contributed by atoms with Gasteiger partial charge in [0.25, 0.3) is 0 Å². The molecule has 0 bridgehead atoms. The second-order valence-electron chi connectivity index (χ2n) is 5.17. The van der Waals surface area contributed by atoms with Crippen LogP contribution in [0.15, 0.2) is 22.7 Å². The first kappa shape index (κ1) is 14.8. The molecule has 6 heteroatoms. The molecule has 1 amide bonds. The largest absolute Gasteiger partial charge is 0.409 e. The van der Waals surface area contributed by atoms with Crippen LogP contribution in [0.1, 0.15) is 37.5 Å². The van der Waals surface area contributed by atoms with E-state index >= 15 is 0 Å². The fraction of sp³-hybridized carbons (Fsp3) is 0.571. The van der Waals surface area contributed by atoms with Crippen molar-refractivity contribution in [3.05, 3.63) is 22.4 Å². The molecule has 0 radical (unpaired) electrons. The molecule has 1 aromatic heterocycles. The molecule has 1 saturated carbocycles. The van der Waals surface area contributed by atoms with E-state index in [1.807, 2.05) is 24.4 Å². The number of thiophene rings is 1. The van der Waals surface area contributed by atoms with Gasteiger partial charge in [0.15, 0.2) is 5.84 Å². The Morgan fingerprint density at radius 3 is 2.75 bits per heavy atom. The van der Waals surface area contributed by atoms with Crippen LogP contribution in [0.3, 0.4) is 0 Å². The normalized spacial score (nSPS) is 18.1. The first-order valence-electron chi connectivity index (χ1n) is 6.94. The fourth-order valence-electron chi connectivity index (χ4n) is 2.87. The van der Waals surface area contributed by atoms with Gasteiger partial charge in [0.2, 0.25) is 5.91 Å². The Kier molecular flexibility index (Phi) is 4.65. The van der Waals surface area contributed by atoms with Crippen molar-refractivity contribution in [2.24, 2.45) is 16.3 Å². The lowest BCUT2D eigenvalue weighted by Gasteiger charge is -2.32. The van der Waals surface area contributed by atoms with E-state index in [-0.39, 0.29) is 11.7 Å². The van der Waals surface area contributed by atoms with E-state index in [9.17, 15) is 4.79 Å². The molecule has 3 N–H and O–H groups in total. The third-order valence-electron chi connectivity index (χ3n) is 4.06. The van der Waals surface area contributed by atoms with Crippen molar-refractivity contribution >= 4 is 23.1 Å². The highest BCUT2D eigenvalue weighted by Crippen LogP contribution is 2.40. The molecule has 5 nitrogen and oxygen atoms in total. The van der Waals surface area contributed by atoms with Crippen molar-refractivity contribution in [1.82, 2.24) is 4.90 Å². The summed E-state index contributed by atoms with van der Waals surface area (Å²) in [5.74, 6) is 0.0471. The highest BCUT2D eigenvalue weighted by molar-refractivity contribution is 7.09. The number of hydrogen-bond donors (Lipinski definition) is 2. The zero-order valence-corrected chi connectivity index (χ0v) is 12.5. The number of nitrogens with two attached hydrogens (primary N) is 1. The van der Waals surface area contributed by atoms with Gasteiger partial charge in [-0.1, -0.05) is 24.1 Å². The molecule has 0 aromatic carbocycles. The maximum Gasteiger partial charge on any atom is 0.236 e. The molecule has 2 rings (SSSR count). The minimum Gasteiger partial charge on any atom is -0.409 e. The number of rotatable bonds is 5. The Balaban J connectivity index is 2.21. The van der Waals surface area contributed by atoms with Crippen LogP contribution in [-0.4, -0.2) is 28.4 Å². The summed E-state index contributed by atoms with van der Waals surface area (Å²) in [5, 5.41) is 14.1. The van der Waals surface area contributed by atoms with Gasteiger partial charge in [0.05, 0.1) is 6.54 Å². The predicted octanol–water partition coefficient (Wildman–Crippen LogP) is 2.40. The summed E-state index contributed by atoms with van der Waals surface area (Å²) < 4.78 is 0. The molecule has 0 aliphatic heterocycles. The van der Waals surface area contributed by atoms with Gasteiger partial charge in [-0.2, -0.15) is 0 Å². The first-order valence-corrected chi connectivity index (χ1v) is 7.82. The van der Waals surface area contributed by atoms with E-state index in [4.69, 9.17) is 10.9 Å². The smallest absolute Gasteiger partial charge is 0.236 e. The number of nitrogens with zero attached hydrogens (tertiary/aromatic N) is 2. The third-order valence-corrected chi connectivity index (χ3v) is 4.92. The van der Waals surface area contributed by atoms with Crippen molar-refractivity contribution in [2.75, 3.05) is 6.54 Å². The van der Waals surface area contributed by atoms with Crippen LogP contribution in [0, 0.1) is 5.41 Å². The Bertz CT molecular complexity index is 479. The Hall–Kier alpha value is -1.56. The van der Waals surface area contributed by atoms with E-state index in [0.29, 0.717) is 25.9 Å². The van der Waals surface area contributed by atoms with Gasteiger partial charge in [0, 0.05) is 11.4 Å². The lowest BCUT2D eigenvalue weighted by molar-refractivity contribution is -0.138. The summed E-state index contributed by atoms with van der Waals surface area (Å²) in [6, 6.07) is 4.00. The highest BCUT2D eigenvalue weighted by Gasteiger charge is 2.47. The van der Waals surface area contributed by atoms with E-state index in [0.717, 1.165) is 17.7 Å². The fourth-order valence-corrected chi connectivity index (χ4v) is 3.59. The van der Waals surface area contributed by atoms with Crippen LogP contribution in [0.4, 0.5) is 0 Å². The lowest BCUT2D eigenvalue weighted by atomic mass is 9.83. The average molecular weight is 295 g/mol. The molecule has 0 spiro atoms. The van der Waals surface area contributed by atoms with E-state index in [2.05, 4.69) is 5.16 Å². The number of carbonyl (C=O) groups is 1. The van der Waals surface area contributed by atoms with Crippen molar-refractivity contribution in [3.8, 4) is 0 Å².